The van der Waals surface area contributed by atoms with E-state index in [4.69, 9.17) is 17.3 Å². The lowest BCUT2D eigenvalue weighted by molar-refractivity contribution is -0.137. The van der Waals surface area contributed by atoms with E-state index in [9.17, 15) is 17.6 Å². The molecule has 0 radical (unpaired) electrons. The Labute approximate surface area is 156 Å². The minimum Gasteiger partial charge on any atom is -0.393 e. The first kappa shape index (κ1) is 18.7. The molecule has 0 aliphatic heterocycles. The minimum absolute atomic E-state index is 0.0734. The average Bonchev–Trinajstić information content (AvgIpc) is 2.61. The van der Waals surface area contributed by atoms with Crippen molar-refractivity contribution in [1.29, 1.82) is 0 Å². The molecule has 0 amide bonds. The second-order valence-electron chi connectivity index (χ2n) is 5.44. The SMILES string of the molecule is Nc1c(Nc2ccc(C(F)(F)F)cc2)ncnc1Nc1ccc(F)c(Cl)c1. The highest BCUT2D eigenvalue weighted by molar-refractivity contribution is 6.31. The zero-order chi connectivity index (χ0) is 19.6. The third-order valence-electron chi connectivity index (χ3n) is 3.54. The maximum atomic E-state index is 13.2. The number of nitrogens with zero attached hydrogens (tertiary/aromatic N) is 2. The van der Waals surface area contributed by atoms with Gasteiger partial charge in [-0.25, -0.2) is 14.4 Å². The molecule has 0 spiro atoms. The lowest BCUT2D eigenvalue weighted by Crippen LogP contribution is -2.06. The van der Waals surface area contributed by atoms with Crippen molar-refractivity contribution in [3.63, 3.8) is 0 Å². The second kappa shape index (κ2) is 7.28. The summed E-state index contributed by atoms with van der Waals surface area (Å²) in [6, 6.07) is 8.41. The van der Waals surface area contributed by atoms with Crippen molar-refractivity contribution < 1.29 is 17.6 Å². The van der Waals surface area contributed by atoms with Gasteiger partial charge >= 0.3 is 6.18 Å². The molecule has 0 fully saturated rings. The lowest BCUT2D eigenvalue weighted by atomic mass is 10.2. The first-order valence-corrected chi connectivity index (χ1v) is 7.88. The van der Waals surface area contributed by atoms with Crippen LogP contribution in [0.25, 0.3) is 0 Å². The number of hydrogen-bond acceptors (Lipinski definition) is 5. The molecule has 2 aromatic carbocycles. The van der Waals surface area contributed by atoms with Crippen molar-refractivity contribution in [2.75, 3.05) is 16.4 Å². The summed E-state index contributed by atoms with van der Waals surface area (Å²) in [7, 11) is 0. The summed E-state index contributed by atoms with van der Waals surface area (Å²) in [6.45, 7) is 0. The summed E-state index contributed by atoms with van der Waals surface area (Å²) >= 11 is 5.73. The van der Waals surface area contributed by atoms with Crippen molar-refractivity contribution in [2.24, 2.45) is 0 Å². The van der Waals surface area contributed by atoms with E-state index in [0.717, 1.165) is 12.1 Å². The number of rotatable bonds is 4. The molecule has 4 N–H and O–H groups in total. The molecule has 0 saturated carbocycles. The van der Waals surface area contributed by atoms with Crippen LogP contribution in [0.15, 0.2) is 48.8 Å². The van der Waals surface area contributed by atoms with Gasteiger partial charge < -0.3 is 16.4 Å². The number of anilines is 5. The van der Waals surface area contributed by atoms with Gasteiger partial charge in [-0.3, -0.25) is 0 Å². The number of nitrogen functional groups attached to an aromatic ring is 1. The topological polar surface area (TPSA) is 75.9 Å². The zero-order valence-electron chi connectivity index (χ0n) is 13.5. The Morgan fingerprint density at radius 2 is 1.44 bits per heavy atom. The fourth-order valence-corrected chi connectivity index (χ4v) is 2.37. The lowest BCUT2D eigenvalue weighted by Gasteiger charge is -2.13. The molecule has 0 saturated heterocycles. The fourth-order valence-electron chi connectivity index (χ4n) is 2.18. The molecule has 0 aliphatic rings. The van der Waals surface area contributed by atoms with E-state index in [1.165, 1.54) is 36.7 Å². The van der Waals surface area contributed by atoms with E-state index in [2.05, 4.69) is 20.6 Å². The third kappa shape index (κ3) is 4.37. The standard InChI is InChI=1S/C17H12ClF4N5/c18-12-7-11(5-6-13(12)19)27-16-14(23)15(24-8-25-16)26-10-3-1-9(2-4-10)17(20,21)22/h1-8H,23H2,(H2,24,25,26,27). The first-order valence-electron chi connectivity index (χ1n) is 7.51. The van der Waals surface area contributed by atoms with Crippen LogP contribution in [-0.2, 0) is 6.18 Å². The number of benzene rings is 2. The van der Waals surface area contributed by atoms with Crippen LogP contribution in [0.3, 0.4) is 0 Å². The van der Waals surface area contributed by atoms with Crippen LogP contribution in [0, 0.1) is 5.82 Å². The molecule has 1 aromatic heterocycles. The highest BCUT2D eigenvalue weighted by Crippen LogP contribution is 2.32. The monoisotopic (exact) mass is 397 g/mol. The predicted octanol–water partition coefficient (Wildman–Crippen LogP) is 5.36. The largest absolute Gasteiger partial charge is 0.416 e. The summed E-state index contributed by atoms with van der Waals surface area (Å²) in [5.74, 6) is -0.148. The number of nitrogens with one attached hydrogen (secondary N) is 2. The highest BCUT2D eigenvalue weighted by Gasteiger charge is 2.29. The summed E-state index contributed by atoms with van der Waals surface area (Å²) < 4.78 is 51.1. The highest BCUT2D eigenvalue weighted by atomic mass is 35.5. The average molecular weight is 398 g/mol. The number of hydrogen-bond donors (Lipinski definition) is 3. The van der Waals surface area contributed by atoms with E-state index in [1.54, 1.807) is 0 Å². The summed E-state index contributed by atoms with van der Waals surface area (Å²) in [4.78, 5) is 7.98. The number of halogens is 5. The quantitative estimate of drug-likeness (QED) is 0.517. The van der Waals surface area contributed by atoms with Crippen LogP contribution in [0.4, 0.5) is 46.3 Å². The Balaban J connectivity index is 1.81. The zero-order valence-corrected chi connectivity index (χ0v) is 14.2. The summed E-state index contributed by atoms with van der Waals surface area (Å²) in [5, 5.41) is 5.63. The second-order valence-corrected chi connectivity index (χ2v) is 5.85. The number of alkyl halides is 3. The molecule has 1 heterocycles. The van der Waals surface area contributed by atoms with Gasteiger partial charge in [0.25, 0.3) is 0 Å². The van der Waals surface area contributed by atoms with E-state index < -0.39 is 17.6 Å². The van der Waals surface area contributed by atoms with Crippen molar-refractivity contribution in [2.45, 2.75) is 6.18 Å². The molecule has 27 heavy (non-hydrogen) atoms. The van der Waals surface area contributed by atoms with E-state index in [-0.39, 0.29) is 22.3 Å². The van der Waals surface area contributed by atoms with Gasteiger partial charge in [-0.15, -0.1) is 0 Å². The molecule has 5 nitrogen and oxygen atoms in total. The Kier molecular flexibility index (Phi) is 5.04. The molecule has 3 rings (SSSR count). The minimum atomic E-state index is -4.42. The molecule has 3 aromatic rings. The Morgan fingerprint density at radius 3 is 2.00 bits per heavy atom. The van der Waals surface area contributed by atoms with Gasteiger partial charge in [0.1, 0.15) is 17.8 Å². The van der Waals surface area contributed by atoms with Crippen molar-refractivity contribution in [1.82, 2.24) is 9.97 Å². The van der Waals surface area contributed by atoms with Crippen LogP contribution in [0.2, 0.25) is 5.02 Å². The number of aromatic nitrogens is 2. The van der Waals surface area contributed by atoms with Gasteiger partial charge in [0.2, 0.25) is 0 Å². The van der Waals surface area contributed by atoms with Crippen molar-refractivity contribution >= 4 is 40.3 Å². The molecular weight excluding hydrogens is 386 g/mol. The van der Waals surface area contributed by atoms with E-state index in [1.807, 2.05) is 0 Å². The van der Waals surface area contributed by atoms with Gasteiger partial charge in [0, 0.05) is 11.4 Å². The smallest absolute Gasteiger partial charge is 0.393 e. The van der Waals surface area contributed by atoms with E-state index in [0.29, 0.717) is 11.4 Å². The fraction of sp³-hybridized carbons (Fsp3) is 0.0588. The molecular formula is C17H12ClF4N5. The maximum absolute atomic E-state index is 13.2. The molecule has 10 heteroatoms. The Bertz CT molecular complexity index is 961. The Hall–Kier alpha value is -3.07. The van der Waals surface area contributed by atoms with Crippen LogP contribution in [0.1, 0.15) is 5.56 Å². The third-order valence-corrected chi connectivity index (χ3v) is 3.83. The van der Waals surface area contributed by atoms with Gasteiger partial charge in [0.15, 0.2) is 11.6 Å². The van der Waals surface area contributed by atoms with Gasteiger partial charge in [-0.1, -0.05) is 11.6 Å². The van der Waals surface area contributed by atoms with E-state index >= 15 is 0 Å². The molecule has 140 valence electrons. The molecule has 0 unspecified atom stereocenters. The first-order chi connectivity index (χ1) is 12.7. The van der Waals surface area contributed by atoms with Crippen LogP contribution in [-0.4, -0.2) is 9.97 Å². The van der Waals surface area contributed by atoms with Crippen molar-refractivity contribution in [3.8, 4) is 0 Å². The normalized spacial score (nSPS) is 11.3. The van der Waals surface area contributed by atoms with Crippen molar-refractivity contribution in [3.05, 3.63) is 65.2 Å². The van der Waals surface area contributed by atoms with Gasteiger partial charge in [-0.2, -0.15) is 13.2 Å². The predicted molar refractivity (Wildman–Crippen MR) is 95.9 cm³/mol. The molecule has 0 aliphatic carbocycles. The summed E-state index contributed by atoms with van der Waals surface area (Å²) in [5.41, 5.74) is 6.18. The maximum Gasteiger partial charge on any atom is 0.416 e. The Morgan fingerprint density at radius 1 is 0.889 bits per heavy atom. The summed E-state index contributed by atoms with van der Waals surface area (Å²) in [6.07, 6.45) is -3.20. The van der Waals surface area contributed by atoms with Crippen LogP contribution < -0.4 is 16.4 Å². The van der Waals surface area contributed by atoms with Crippen LogP contribution >= 0.6 is 11.6 Å². The van der Waals surface area contributed by atoms with Gasteiger partial charge in [0.05, 0.1) is 10.6 Å². The molecule has 0 atom stereocenters. The molecule has 0 bridgehead atoms. The number of nitrogens with two attached hydrogens (primary N) is 1. The van der Waals surface area contributed by atoms with Gasteiger partial charge in [-0.05, 0) is 42.5 Å². The van der Waals surface area contributed by atoms with Crippen LogP contribution in [0.5, 0.6) is 0 Å².